The monoisotopic (exact) mass is 378 g/mol. The second kappa shape index (κ2) is 8.70. The van der Waals surface area contributed by atoms with Crippen LogP contribution in [0.2, 0.25) is 0 Å². The third-order valence-corrected chi connectivity index (χ3v) is 6.02. The van der Waals surface area contributed by atoms with Crippen molar-refractivity contribution in [1.29, 1.82) is 0 Å². The molecule has 1 unspecified atom stereocenters. The molecule has 1 saturated heterocycles. The van der Waals surface area contributed by atoms with Crippen LogP contribution in [0.5, 0.6) is 11.5 Å². The van der Waals surface area contributed by atoms with Crippen molar-refractivity contribution in [2.24, 2.45) is 0 Å². The van der Waals surface area contributed by atoms with Gasteiger partial charge in [0.15, 0.2) is 0 Å². The quantitative estimate of drug-likeness (QED) is 0.658. The van der Waals surface area contributed by atoms with Gasteiger partial charge in [0, 0.05) is 24.5 Å². The highest BCUT2D eigenvalue weighted by molar-refractivity contribution is 7.10. The van der Waals surface area contributed by atoms with Gasteiger partial charge in [0.25, 0.3) is 0 Å². The van der Waals surface area contributed by atoms with Crippen LogP contribution in [0, 0.1) is 6.92 Å². The highest BCUT2D eigenvalue weighted by Gasteiger charge is 2.24. The molecule has 27 heavy (non-hydrogen) atoms. The number of nitrogens with zero attached hydrogens (tertiary/aromatic N) is 1. The van der Waals surface area contributed by atoms with Gasteiger partial charge in [-0.05, 0) is 66.7 Å². The molecular formula is C23H26N2OS. The Morgan fingerprint density at radius 3 is 2.63 bits per heavy atom. The average Bonchev–Trinajstić information content (AvgIpc) is 2.94. The minimum Gasteiger partial charge on any atom is -0.457 e. The normalized spacial score (nSPS) is 16.6. The molecule has 1 aliphatic rings. The van der Waals surface area contributed by atoms with Crippen LogP contribution in [0.3, 0.4) is 0 Å². The van der Waals surface area contributed by atoms with Crippen molar-refractivity contribution in [2.45, 2.75) is 19.4 Å². The fourth-order valence-corrected chi connectivity index (χ4v) is 4.71. The smallest absolute Gasteiger partial charge is 0.127 e. The fraction of sp³-hybridized carbons (Fsp3) is 0.304. The Bertz CT molecular complexity index is 854. The summed E-state index contributed by atoms with van der Waals surface area (Å²) in [4.78, 5) is 4.01. The lowest BCUT2D eigenvalue weighted by Gasteiger charge is -2.30. The van der Waals surface area contributed by atoms with Crippen molar-refractivity contribution >= 4 is 11.3 Å². The van der Waals surface area contributed by atoms with Gasteiger partial charge >= 0.3 is 0 Å². The average molecular weight is 379 g/mol. The fourth-order valence-electron chi connectivity index (χ4n) is 3.65. The van der Waals surface area contributed by atoms with Gasteiger partial charge in [-0.15, -0.1) is 11.3 Å². The van der Waals surface area contributed by atoms with E-state index in [0.717, 1.165) is 37.7 Å². The number of aryl methyl sites for hydroxylation is 1. The third-order valence-electron chi connectivity index (χ3n) is 4.91. The summed E-state index contributed by atoms with van der Waals surface area (Å²) in [5.74, 6) is 1.77. The Morgan fingerprint density at radius 1 is 0.963 bits per heavy atom. The zero-order chi connectivity index (χ0) is 18.5. The zero-order valence-electron chi connectivity index (χ0n) is 15.7. The molecule has 0 radical (unpaired) electrons. The van der Waals surface area contributed by atoms with E-state index in [4.69, 9.17) is 4.74 Å². The summed E-state index contributed by atoms with van der Waals surface area (Å²) in [5, 5.41) is 5.77. The van der Waals surface area contributed by atoms with E-state index in [1.165, 1.54) is 22.4 Å². The number of ether oxygens (including phenoxy) is 1. The standard InChI is InChI=1S/C23H26N2OS/c1-18-15-22(27-17-18)23(25-13-6-11-24-12-14-25)19-7-5-10-21(16-19)26-20-8-3-2-4-9-20/h2-5,7-10,15-17,23-24H,6,11-14H2,1H3. The van der Waals surface area contributed by atoms with Gasteiger partial charge in [0.2, 0.25) is 0 Å². The van der Waals surface area contributed by atoms with Crippen molar-refractivity contribution in [2.75, 3.05) is 26.2 Å². The zero-order valence-corrected chi connectivity index (χ0v) is 16.5. The van der Waals surface area contributed by atoms with Crippen LogP contribution in [0.1, 0.15) is 28.5 Å². The van der Waals surface area contributed by atoms with Crippen molar-refractivity contribution < 1.29 is 4.74 Å². The van der Waals surface area contributed by atoms with Crippen LogP contribution in [0.4, 0.5) is 0 Å². The van der Waals surface area contributed by atoms with Crippen molar-refractivity contribution in [3.63, 3.8) is 0 Å². The maximum atomic E-state index is 6.09. The largest absolute Gasteiger partial charge is 0.457 e. The summed E-state index contributed by atoms with van der Waals surface area (Å²) < 4.78 is 6.09. The van der Waals surface area contributed by atoms with E-state index in [-0.39, 0.29) is 6.04 Å². The summed E-state index contributed by atoms with van der Waals surface area (Å²) in [7, 11) is 0. The number of nitrogens with one attached hydrogen (secondary N) is 1. The van der Waals surface area contributed by atoms with Crippen molar-refractivity contribution in [1.82, 2.24) is 10.2 Å². The van der Waals surface area contributed by atoms with E-state index < -0.39 is 0 Å². The van der Waals surface area contributed by atoms with Gasteiger partial charge < -0.3 is 10.1 Å². The van der Waals surface area contributed by atoms with E-state index in [0.29, 0.717) is 0 Å². The van der Waals surface area contributed by atoms with Gasteiger partial charge in [0.05, 0.1) is 6.04 Å². The first-order chi connectivity index (χ1) is 13.3. The van der Waals surface area contributed by atoms with E-state index in [1.807, 2.05) is 47.7 Å². The molecule has 1 fully saturated rings. The molecule has 0 aliphatic carbocycles. The van der Waals surface area contributed by atoms with Crippen LogP contribution in [0.25, 0.3) is 0 Å². The Hall–Kier alpha value is -2.14. The number of benzene rings is 2. The number of hydrogen-bond donors (Lipinski definition) is 1. The van der Waals surface area contributed by atoms with Gasteiger partial charge in [0.1, 0.15) is 11.5 Å². The lowest BCUT2D eigenvalue weighted by atomic mass is 10.0. The lowest BCUT2D eigenvalue weighted by Crippen LogP contribution is -2.32. The predicted molar refractivity (Wildman–Crippen MR) is 113 cm³/mol. The molecule has 1 atom stereocenters. The highest BCUT2D eigenvalue weighted by Crippen LogP contribution is 2.35. The van der Waals surface area contributed by atoms with Crippen LogP contribution in [0.15, 0.2) is 66.0 Å². The first-order valence-electron chi connectivity index (χ1n) is 9.62. The first kappa shape index (κ1) is 18.2. The molecule has 1 N–H and O–H groups in total. The molecule has 4 heteroatoms. The molecule has 1 aliphatic heterocycles. The van der Waals surface area contributed by atoms with Gasteiger partial charge in [-0.3, -0.25) is 4.90 Å². The van der Waals surface area contributed by atoms with Gasteiger partial charge in [-0.2, -0.15) is 0 Å². The summed E-state index contributed by atoms with van der Waals surface area (Å²) in [6, 6.07) is 21.2. The van der Waals surface area contributed by atoms with Crippen molar-refractivity contribution in [3.8, 4) is 11.5 Å². The predicted octanol–water partition coefficient (Wildman–Crippen LogP) is 5.23. The molecule has 0 amide bonds. The summed E-state index contributed by atoms with van der Waals surface area (Å²) in [6.45, 7) is 6.49. The molecule has 0 spiro atoms. The molecule has 0 saturated carbocycles. The molecule has 1 aromatic heterocycles. The summed E-state index contributed by atoms with van der Waals surface area (Å²) in [6.07, 6.45) is 1.18. The molecule has 4 rings (SSSR count). The van der Waals surface area contributed by atoms with Crippen molar-refractivity contribution in [3.05, 3.63) is 82.0 Å². The number of para-hydroxylation sites is 1. The molecule has 140 valence electrons. The highest BCUT2D eigenvalue weighted by atomic mass is 32.1. The van der Waals surface area contributed by atoms with E-state index >= 15 is 0 Å². The molecule has 2 aromatic carbocycles. The first-order valence-corrected chi connectivity index (χ1v) is 10.5. The summed E-state index contributed by atoms with van der Waals surface area (Å²) in [5.41, 5.74) is 2.64. The second-order valence-corrected chi connectivity index (χ2v) is 8.00. The topological polar surface area (TPSA) is 24.5 Å². The second-order valence-electron chi connectivity index (χ2n) is 7.06. The Labute approximate surface area is 165 Å². The minimum atomic E-state index is 0.280. The Morgan fingerprint density at radius 2 is 1.81 bits per heavy atom. The Balaban J connectivity index is 1.66. The van der Waals surface area contributed by atoms with Crippen LogP contribution < -0.4 is 10.1 Å². The van der Waals surface area contributed by atoms with Gasteiger partial charge in [-0.25, -0.2) is 0 Å². The molecule has 3 nitrogen and oxygen atoms in total. The van der Waals surface area contributed by atoms with Gasteiger partial charge in [-0.1, -0.05) is 30.3 Å². The minimum absolute atomic E-state index is 0.280. The molecule has 3 aromatic rings. The third kappa shape index (κ3) is 4.59. The molecule has 2 heterocycles. The number of thiophene rings is 1. The maximum absolute atomic E-state index is 6.09. The van der Waals surface area contributed by atoms with E-state index in [9.17, 15) is 0 Å². The summed E-state index contributed by atoms with van der Waals surface area (Å²) >= 11 is 1.86. The lowest BCUT2D eigenvalue weighted by molar-refractivity contribution is 0.243. The van der Waals surface area contributed by atoms with E-state index in [1.54, 1.807) is 0 Å². The number of hydrogen-bond acceptors (Lipinski definition) is 4. The molecular weight excluding hydrogens is 352 g/mol. The Kier molecular flexibility index (Phi) is 5.87. The van der Waals surface area contributed by atoms with E-state index in [2.05, 4.69) is 46.8 Å². The maximum Gasteiger partial charge on any atom is 0.127 e. The van der Waals surface area contributed by atoms with Crippen LogP contribution in [-0.2, 0) is 0 Å². The van der Waals surface area contributed by atoms with Crippen LogP contribution in [-0.4, -0.2) is 31.1 Å². The number of rotatable bonds is 5. The molecule has 0 bridgehead atoms. The van der Waals surface area contributed by atoms with Crippen LogP contribution >= 0.6 is 11.3 Å². The SMILES string of the molecule is Cc1csc(C(c2cccc(Oc3ccccc3)c2)N2CCCNCC2)c1.